The molecule has 5 rings (SSSR count). The maximum Gasteiger partial charge on any atom is 0.254 e. The predicted molar refractivity (Wildman–Crippen MR) is 119 cm³/mol. The largest absolute Gasteiger partial charge is 0.364 e. The molecule has 0 bridgehead atoms. The Morgan fingerprint density at radius 1 is 1.22 bits per heavy atom. The second kappa shape index (κ2) is 7.94. The number of hydrogen-bond acceptors (Lipinski definition) is 5. The molecule has 1 unspecified atom stereocenters. The highest BCUT2D eigenvalue weighted by molar-refractivity contribution is 6.42. The third-order valence-electron chi connectivity index (χ3n) is 6.07. The second-order valence-electron chi connectivity index (χ2n) is 8.38. The van der Waals surface area contributed by atoms with Gasteiger partial charge in [-0.15, -0.1) is 0 Å². The van der Waals surface area contributed by atoms with Crippen LogP contribution in [-0.4, -0.2) is 57.2 Å². The van der Waals surface area contributed by atoms with Gasteiger partial charge >= 0.3 is 0 Å². The Morgan fingerprint density at radius 3 is 2.78 bits per heavy atom. The van der Waals surface area contributed by atoms with Crippen LogP contribution in [0, 0.1) is 5.92 Å². The number of carbonyl (C=O) groups is 2. The molecule has 2 aromatic heterocycles. The summed E-state index contributed by atoms with van der Waals surface area (Å²) in [5.41, 5.74) is 4.74. The summed E-state index contributed by atoms with van der Waals surface area (Å²) in [5.74, 6) is -0.349. The van der Waals surface area contributed by atoms with Gasteiger partial charge in [0.25, 0.3) is 5.91 Å². The number of nitrogens with zero attached hydrogens (tertiary/aromatic N) is 5. The summed E-state index contributed by atoms with van der Waals surface area (Å²) in [7, 11) is 3.51. The van der Waals surface area contributed by atoms with Crippen LogP contribution < -0.4 is 0 Å². The molecule has 2 aliphatic heterocycles. The molecular formula is C22H21Cl2N5O3. The smallest absolute Gasteiger partial charge is 0.254 e. The van der Waals surface area contributed by atoms with Crippen molar-refractivity contribution in [2.24, 2.45) is 5.92 Å². The van der Waals surface area contributed by atoms with E-state index in [4.69, 9.17) is 32.8 Å². The van der Waals surface area contributed by atoms with Crippen molar-refractivity contribution in [3.05, 3.63) is 56.9 Å². The maximum atomic E-state index is 13.2. The molecule has 0 radical (unpaired) electrons. The van der Waals surface area contributed by atoms with E-state index in [0.717, 1.165) is 22.5 Å². The van der Waals surface area contributed by atoms with Gasteiger partial charge in [-0.25, -0.2) is 0 Å². The number of halogens is 2. The third kappa shape index (κ3) is 3.47. The molecule has 8 nitrogen and oxygen atoms in total. The Balaban J connectivity index is 1.51. The van der Waals surface area contributed by atoms with E-state index >= 15 is 0 Å². The Kier molecular flexibility index (Phi) is 5.22. The zero-order chi connectivity index (χ0) is 22.6. The van der Waals surface area contributed by atoms with Crippen molar-refractivity contribution in [2.45, 2.75) is 25.9 Å². The monoisotopic (exact) mass is 473 g/mol. The van der Waals surface area contributed by atoms with Crippen molar-refractivity contribution >= 4 is 35.0 Å². The molecule has 1 aromatic carbocycles. The minimum atomic E-state index is -0.264. The lowest BCUT2D eigenvalue weighted by Crippen LogP contribution is -2.36. The fourth-order valence-corrected chi connectivity index (χ4v) is 4.77. The van der Waals surface area contributed by atoms with Crippen molar-refractivity contribution < 1.29 is 14.1 Å². The van der Waals surface area contributed by atoms with Gasteiger partial charge in [0, 0.05) is 43.8 Å². The van der Waals surface area contributed by atoms with Crippen molar-refractivity contribution in [1.82, 2.24) is 24.7 Å². The quantitative estimate of drug-likeness (QED) is 0.569. The molecule has 3 aromatic rings. The molecule has 166 valence electrons. The summed E-state index contributed by atoms with van der Waals surface area (Å²) in [5, 5.41) is 9.79. The molecule has 10 heteroatoms. The van der Waals surface area contributed by atoms with Crippen LogP contribution in [0.2, 0.25) is 10.0 Å². The molecule has 0 saturated carbocycles. The van der Waals surface area contributed by atoms with Gasteiger partial charge in [0.2, 0.25) is 5.91 Å². The van der Waals surface area contributed by atoms with Gasteiger partial charge in [0.15, 0.2) is 0 Å². The van der Waals surface area contributed by atoms with Crippen LogP contribution in [0.15, 0.2) is 29.0 Å². The number of aromatic nitrogens is 3. The summed E-state index contributed by atoms with van der Waals surface area (Å²) in [6.07, 6.45) is 2.74. The summed E-state index contributed by atoms with van der Waals surface area (Å²) in [4.78, 5) is 29.3. The van der Waals surface area contributed by atoms with Crippen LogP contribution in [0.5, 0.6) is 0 Å². The average molecular weight is 474 g/mol. The van der Waals surface area contributed by atoms with Gasteiger partial charge in [-0.3, -0.25) is 14.3 Å². The van der Waals surface area contributed by atoms with E-state index in [0.29, 0.717) is 53.8 Å². The Bertz CT molecular complexity index is 1230. The standard InChI is InChI=1S/C22H21Cl2N5O3/c1-27(2)21(30)13-7-14-11-32-26-19(14)20-15-10-28(6-5-18(15)25-29(20)9-13)22(31)12-3-4-16(23)17(24)8-12/h3-4,8,11,13H,5-7,9-10H2,1-2H3. The van der Waals surface area contributed by atoms with Crippen LogP contribution in [-0.2, 0) is 30.7 Å². The first-order valence-corrected chi connectivity index (χ1v) is 11.1. The first-order chi connectivity index (χ1) is 15.3. The summed E-state index contributed by atoms with van der Waals surface area (Å²) in [6, 6.07) is 4.90. The van der Waals surface area contributed by atoms with E-state index < -0.39 is 0 Å². The van der Waals surface area contributed by atoms with Crippen LogP contribution in [0.1, 0.15) is 27.2 Å². The highest BCUT2D eigenvalue weighted by Gasteiger charge is 2.35. The minimum Gasteiger partial charge on any atom is -0.364 e. The van der Waals surface area contributed by atoms with Gasteiger partial charge in [0.1, 0.15) is 12.0 Å². The first-order valence-electron chi connectivity index (χ1n) is 10.3. The molecule has 0 spiro atoms. The van der Waals surface area contributed by atoms with Gasteiger partial charge in [-0.2, -0.15) is 5.10 Å². The highest BCUT2D eigenvalue weighted by Crippen LogP contribution is 2.36. The molecule has 0 saturated heterocycles. The number of amides is 2. The van der Waals surface area contributed by atoms with Crippen molar-refractivity contribution in [3.63, 3.8) is 0 Å². The van der Waals surface area contributed by atoms with E-state index in [1.807, 2.05) is 4.68 Å². The van der Waals surface area contributed by atoms with Crippen LogP contribution in [0.25, 0.3) is 11.4 Å². The Morgan fingerprint density at radius 2 is 2.03 bits per heavy atom. The molecule has 32 heavy (non-hydrogen) atoms. The molecular weight excluding hydrogens is 453 g/mol. The van der Waals surface area contributed by atoms with E-state index in [1.165, 1.54) is 0 Å². The van der Waals surface area contributed by atoms with Crippen LogP contribution >= 0.6 is 23.2 Å². The summed E-state index contributed by atoms with van der Waals surface area (Å²) < 4.78 is 7.13. The number of hydrogen-bond donors (Lipinski definition) is 0. The first kappa shape index (κ1) is 21.0. The highest BCUT2D eigenvalue weighted by atomic mass is 35.5. The van der Waals surface area contributed by atoms with Gasteiger partial charge in [-0.05, 0) is 24.6 Å². The number of rotatable bonds is 2. The topological polar surface area (TPSA) is 84.5 Å². The van der Waals surface area contributed by atoms with Gasteiger partial charge in [0.05, 0.1) is 40.4 Å². The zero-order valence-corrected chi connectivity index (χ0v) is 19.2. The molecule has 4 heterocycles. The van der Waals surface area contributed by atoms with E-state index in [2.05, 4.69) is 5.16 Å². The lowest BCUT2D eigenvalue weighted by Gasteiger charge is -2.27. The fraction of sp³-hybridized carbons (Fsp3) is 0.364. The molecule has 1 atom stereocenters. The normalized spacial score (nSPS) is 17.2. The molecule has 2 aliphatic rings. The fourth-order valence-electron chi connectivity index (χ4n) is 4.48. The van der Waals surface area contributed by atoms with Crippen molar-refractivity contribution in [1.29, 1.82) is 0 Å². The Hall–Kier alpha value is -2.84. The van der Waals surface area contributed by atoms with Gasteiger partial charge in [-0.1, -0.05) is 28.4 Å². The van der Waals surface area contributed by atoms with E-state index in [1.54, 1.807) is 48.4 Å². The number of fused-ring (bicyclic) bond motifs is 5. The molecule has 0 aliphatic carbocycles. The zero-order valence-electron chi connectivity index (χ0n) is 17.6. The van der Waals surface area contributed by atoms with E-state index in [9.17, 15) is 9.59 Å². The minimum absolute atomic E-state index is 0.0369. The van der Waals surface area contributed by atoms with Crippen molar-refractivity contribution in [3.8, 4) is 11.4 Å². The second-order valence-corrected chi connectivity index (χ2v) is 9.20. The SMILES string of the molecule is CN(C)C(=O)C1Cc2conc2-c2c3c(nn2C1)CCN(C(=O)c1ccc(Cl)c(Cl)c1)C3. The van der Waals surface area contributed by atoms with Crippen LogP contribution in [0.3, 0.4) is 0 Å². The number of benzene rings is 1. The van der Waals surface area contributed by atoms with Gasteiger partial charge < -0.3 is 14.3 Å². The summed E-state index contributed by atoms with van der Waals surface area (Å²) in [6.45, 7) is 1.38. The predicted octanol–water partition coefficient (Wildman–Crippen LogP) is 3.30. The third-order valence-corrected chi connectivity index (χ3v) is 6.81. The lowest BCUT2D eigenvalue weighted by atomic mass is 9.97. The number of carbonyl (C=O) groups excluding carboxylic acids is 2. The van der Waals surface area contributed by atoms with E-state index in [-0.39, 0.29) is 17.7 Å². The average Bonchev–Trinajstić information content (AvgIpc) is 3.33. The summed E-state index contributed by atoms with van der Waals surface area (Å²) >= 11 is 12.1. The maximum absolute atomic E-state index is 13.2. The Labute approximate surface area is 194 Å². The molecule has 2 amide bonds. The van der Waals surface area contributed by atoms with Crippen molar-refractivity contribution in [2.75, 3.05) is 20.6 Å². The molecule has 0 fully saturated rings. The molecule has 0 N–H and O–H groups in total. The van der Waals surface area contributed by atoms with Crippen LogP contribution in [0.4, 0.5) is 0 Å². The lowest BCUT2D eigenvalue weighted by molar-refractivity contribution is -0.133.